The molecular formula is C28H27F6N5O3. The molecule has 0 saturated carbocycles. The lowest BCUT2D eigenvalue weighted by Gasteiger charge is -2.44. The Balaban J connectivity index is 1.89. The van der Waals surface area contributed by atoms with Crippen molar-refractivity contribution in [1.82, 2.24) is 15.2 Å². The number of amides is 2. The first-order chi connectivity index (χ1) is 19.6. The summed E-state index contributed by atoms with van der Waals surface area (Å²) in [6, 6.07) is 3.76. The largest absolute Gasteiger partial charge is 0.417 e. The van der Waals surface area contributed by atoms with E-state index in [9.17, 15) is 31.9 Å². The number of nitrogens with one attached hydrogen (secondary N) is 3. The van der Waals surface area contributed by atoms with E-state index in [-0.39, 0.29) is 48.1 Å². The molecule has 2 aromatic carbocycles. The first-order valence-electron chi connectivity index (χ1n) is 12.8. The van der Waals surface area contributed by atoms with Crippen LogP contribution in [-0.2, 0) is 6.18 Å². The Morgan fingerprint density at radius 1 is 0.952 bits per heavy atom. The van der Waals surface area contributed by atoms with E-state index in [1.54, 1.807) is 4.90 Å². The van der Waals surface area contributed by atoms with Gasteiger partial charge in [0.15, 0.2) is 5.82 Å². The molecule has 0 radical (unpaired) electrons. The third-order valence-corrected chi connectivity index (χ3v) is 7.34. The Morgan fingerprint density at radius 2 is 1.60 bits per heavy atom. The fourth-order valence-corrected chi connectivity index (χ4v) is 4.90. The SMILES string of the molecule is CNC(=O)c1ccc(-c2c(F)cc(N3C[C@@H](C)N(C)[C@@H](C)C3)c(NC(=O)c3c[nH]c(=O)cc3C(F)(F)F)c2F)cc1F. The number of likely N-dealkylation sites (N-methyl/N-ethyl adjacent to an activating group) is 1. The van der Waals surface area contributed by atoms with Crippen LogP contribution in [0, 0.1) is 17.5 Å². The molecule has 1 aliphatic heterocycles. The lowest BCUT2D eigenvalue weighted by molar-refractivity contribution is -0.138. The minimum atomic E-state index is -5.09. The predicted octanol–water partition coefficient (Wildman–Crippen LogP) is 4.62. The van der Waals surface area contributed by atoms with Crippen molar-refractivity contribution in [2.45, 2.75) is 32.1 Å². The lowest BCUT2D eigenvalue weighted by atomic mass is 9.99. The van der Waals surface area contributed by atoms with E-state index in [0.717, 1.165) is 24.3 Å². The number of piperazine rings is 1. The molecule has 42 heavy (non-hydrogen) atoms. The van der Waals surface area contributed by atoms with Crippen LogP contribution in [0.5, 0.6) is 0 Å². The highest BCUT2D eigenvalue weighted by molar-refractivity contribution is 6.07. The van der Waals surface area contributed by atoms with Gasteiger partial charge in [-0.25, -0.2) is 13.2 Å². The van der Waals surface area contributed by atoms with Crippen LogP contribution in [-0.4, -0.2) is 61.0 Å². The summed E-state index contributed by atoms with van der Waals surface area (Å²) in [6.07, 6.45) is -4.54. The van der Waals surface area contributed by atoms with Gasteiger partial charge in [-0.3, -0.25) is 19.3 Å². The highest BCUT2D eigenvalue weighted by atomic mass is 19.4. The number of nitrogens with zero attached hydrogens (tertiary/aromatic N) is 2. The highest BCUT2D eigenvalue weighted by Gasteiger charge is 2.37. The average molecular weight is 596 g/mol. The van der Waals surface area contributed by atoms with E-state index in [1.807, 2.05) is 30.8 Å². The Labute approximate surface area is 236 Å². The van der Waals surface area contributed by atoms with Crippen molar-refractivity contribution in [3.8, 4) is 11.1 Å². The molecule has 0 aliphatic carbocycles. The molecule has 2 atom stereocenters. The van der Waals surface area contributed by atoms with Crippen molar-refractivity contribution >= 4 is 23.2 Å². The van der Waals surface area contributed by atoms with E-state index in [4.69, 9.17) is 0 Å². The van der Waals surface area contributed by atoms with Gasteiger partial charge in [0.1, 0.15) is 17.3 Å². The molecule has 0 spiro atoms. The zero-order valence-corrected chi connectivity index (χ0v) is 22.9. The van der Waals surface area contributed by atoms with Crippen molar-refractivity contribution < 1.29 is 35.9 Å². The topological polar surface area (TPSA) is 97.5 Å². The number of aromatic nitrogens is 1. The standard InChI is InChI=1S/C28H27F6N5O3/c1-13-11-39(12-14(2)38(13)4)21-9-20(30)23(15-5-6-16(19(29)7-15)26(41)35-3)24(31)25(21)37-27(42)17-10-36-22(40)8-18(17)28(32,33)34/h5-10,13-14H,11-12H2,1-4H3,(H,35,41)(H,36,40)(H,37,42)/t13-,14+. The number of rotatable bonds is 5. The molecule has 224 valence electrons. The maximum atomic E-state index is 16.3. The molecule has 4 rings (SSSR count). The fourth-order valence-electron chi connectivity index (χ4n) is 4.90. The van der Waals surface area contributed by atoms with Crippen LogP contribution in [0.2, 0.25) is 0 Å². The minimum absolute atomic E-state index is 0.106. The van der Waals surface area contributed by atoms with Gasteiger partial charge >= 0.3 is 6.18 Å². The zero-order valence-electron chi connectivity index (χ0n) is 22.9. The normalized spacial score (nSPS) is 17.7. The van der Waals surface area contributed by atoms with Gasteiger partial charge in [0, 0.05) is 50.6 Å². The van der Waals surface area contributed by atoms with Gasteiger partial charge in [-0.15, -0.1) is 0 Å². The molecule has 2 amide bonds. The van der Waals surface area contributed by atoms with Gasteiger partial charge in [-0.05, 0) is 38.6 Å². The van der Waals surface area contributed by atoms with E-state index in [2.05, 4.69) is 10.6 Å². The third kappa shape index (κ3) is 5.84. The molecule has 3 N–H and O–H groups in total. The minimum Gasteiger partial charge on any atom is -0.367 e. The number of carbonyl (C=O) groups excluding carboxylic acids is 2. The van der Waals surface area contributed by atoms with Crippen molar-refractivity contribution in [3.63, 3.8) is 0 Å². The second kappa shape index (κ2) is 11.5. The zero-order chi connectivity index (χ0) is 31.1. The molecule has 8 nitrogen and oxygen atoms in total. The molecule has 1 aliphatic rings. The quantitative estimate of drug-likeness (QED) is 0.374. The van der Waals surface area contributed by atoms with E-state index < -0.39 is 63.4 Å². The monoisotopic (exact) mass is 595 g/mol. The van der Waals surface area contributed by atoms with Crippen LogP contribution >= 0.6 is 0 Å². The van der Waals surface area contributed by atoms with Crippen LogP contribution in [0.25, 0.3) is 11.1 Å². The van der Waals surface area contributed by atoms with Crippen molar-refractivity contribution in [2.75, 3.05) is 37.4 Å². The van der Waals surface area contributed by atoms with E-state index in [0.29, 0.717) is 6.20 Å². The predicted molar refractivity (Wildman–Crippen MR) is 144 cm³/mol. The summed E-state index contributed by atoms with van der Waals surface area (Å²) in [4.78, 5) is 42.2. The maximum absolute atomic E-state index is 16.3. The number of H-pyrrole nitrogens is 1. The molecule has 0 unspecified atom stereocenters. The molecule has 14 heteroatoms. The van der Waals surface area contributed by atoms with E-state index in [1.165, 1.54) is 7.05 Å². The van der Waals surface area contributed by atoms with Crippen LogP contribution in [0.4, 0.5) is 37.7 Å². The number of carbonyl (C=O) groups is 2. The summed E-state index contributed by atoms with van der Waals surface area (Å²) >= 11 is 0. The second-order valence-electron chi connectivity index (χ2n) is 10.1. The van der Waals surface area contributed by atoms with Crippen LogP contribution < -0.4 is 21.1 Å². The lowest BCUT2D eigenvalue weighted by Crippen LogP contribution is -2.55. The van der Waals surface area contributed by atoms with Crippen LogP contribution in [0.1, 0.15) is 40.1 Å². The Morgan fingerprint density at radius 3 is 2.17 bits per heavy atom. The number of halogens is 6. The van der Waals surface area contributed by atoms with Crippen molar-refractivity contribution in [1.29, 1.82) is 0 Å². The van der Waals surface area contributed by atoms with Crippen LogP contribution in [0.3, 0.4) is 0 Å². The summed E-state index contributed by atoms with van der Waals surface area (Å²) in [5, 5.41) is 4.38. The number of aromatic amines is 1. The van der Waals surface area contributed by atoms with Gasteiger partial charge < -0.3 is 20.5 Å². The smallest absolute Gasteiger partial charge is 0.367 e. The first kappa shape index (κ1) is 30.6. The van der Waals surface area contributed by atoms with Crippen molar-refractivity contribution in [3.05, 3.63) is 81.0 Å². The number of pyridine rings is 1. The molecule has 2 heterocycles. The van der Waals surface area contributed by atoms with E-state index >= 15 is 8.78 Å². The maximum Gasteiger partial charge on any atom is 0.417 e. The number of benzene rings is 2. The van der Waals surface area contributed by atoms with Crippen molar-refractivity contribution in [2.24, 2.45) is 0 Å². The Bertz CT molecular complexity index is 1590. The van der Waals surface area contributed by atoms with Crippen LogP contribution in [0.15, 0.2) is 41.3 Å². The summed E-state index contributed by atoms with van der Waals surface area (Å²) < 4.78 is 87.6. The number of hydrogen-bond acceptors (Lipinski definition) is 5. The average Bonchev–Trinajstić information content (AvgIpc) is 2.91. The van der Waals surface area contributed by atoms with Gasteiger partial charge in [0.05, 0.1) is 27.9 Å². The first-order valence-corrected chi connectivity index (χ1v) is 12.8. The summed E-state index contributed by atoms with van der Waals surface area (Å²) in [5.74, 6) is -5.78. The highest BCUT2D eigenvalue weighted by Crippen LogP contribution is 2.40. The molecule has 1 aromatic heterocycles. The summed E-state index contributed by atoms with van der Waals surface area (Å²) in [7, 11) is 3.14. The third-order valence-electron chi connectivity index (χ3n) is 7.34. The number of anilines is 2. The fraction of sp³-hybridized carbons (Fsp3) is 0.321. The molecule has 0 bridgehead atoms. The summed E-state index contributed by atoms with van der Waals surface area (Å²) in [5.41, 5.74) is -5.93. The number of hydrogen-bond donors (Lipinski definition) is 3. The second-order valence-corrected chi connectivity index (χ2v) is 10.1. The molecular weight excluding hydrogens is 568 g/mol. The summed E-state index contributed by atoms with van der Waals surface area (Å²) in [6.45, 7) is 4.25. The molecule has 1 fully saturated rings. The van der Waals surface area contributed by atoms with Gasteiger partial charge in [-0.1, -0.05) is 6.07 Å². The Kier molecular flexibility index (Phi) is 8.39. The Hall–Kier alpha value is -4.33. The van der Waals surface area contributed by atoms with Gasteiger partial charge in [0.25, 0.3) is 11.8 Å². The van der Waals surface area contributed by atoms with Gasteiger partial charge in [0.2, 0.25) is 5.56 Å². The number of alkyl halides is 3. The molecule has 1 saturated heterocycles. The molecule has 3 aromatic rings. The van der Waals surface area contributed by atoms with Gasteiger partial charge in [-0.2, -0.15) is 13.2 Å².